The molecule has 3 amide bonds. The number of hydrogen-bond acceptors (Lipinski definition) is 4. The highest BCUT2D eigenvalue weighted by Gasteiger charge is 2.48. The number of hydroxylamine groups is 1. The largest absolute Gasteiger partial charge is 0.343 e. The van der Waals surface area contributed by atoms with Crippen molar-refractivity contribution in [2.45, 2.75) is 31.9 Å². The van der Waals surface area contributed by atoms with Crippen molar-refractivity contribution in [2.75, 3.05) is 0 Å². The third-order valence-corrected chi connectivity index (χ3v) is 4.61. The zero-order valence-corrected chi connectivity index (χ0v) is 18.1. The van der Waals surface area contributed by atoms with Crippen LogP contribution in [0.5, 0.6) is 0 Å². The lowest BCUT2D eigenvalue weighted by Gasteiger charge is -2.36. The molecule has 0 radical (unpaired) electrons. The molecule has 0 bridgehead atoms. The monoisotopic (exact) mass is 471 g/mol. The molecule has 0 heterocycles. The number of nitrogens with one attached hydrogen (secondary N) is 3. The van der Waals surface area contributed by atoms with Gasteiger partial charge in [0.15, 0.2) is 0 Å². The van der Waals surface area contributed by atoms with Gasteiger partial charge in [-0.2, -0.15) is 0 Å². The summed E-state index contributed by atoms with van der Waals surface area (Å²) >= 11 is 0. The van der Waals surface area contributed by atoms with E-state index in [0.717, 1.165) is 13.8 Å². The van der Waals surface area contributed by atoms with E-state index >= 15 is 0 Å². The number of alkyl halides is 2. The highest BCUT2D eigenvalue weighted by Crippen LogP contribution is 2.21. The molecule has 10 heteroatoms. The second-order valence-electron chi connectivity index (χ2n) is 7.23. The quantitative estimate of drug-likeness (QED) is 0.294. The maximum Gasteiger partial charge on any atom is 0.268 e. The summed E-state index contributed by atoms with van der Waals surface area (Å²) in [5, 5.41) is 13.0. The van der Waals surface area contributed by atoms with Crippen molar-refractivity contribution in [2.24, 2.45) is 0 Å². The Labute approximate surface area is 193 Å². The molecular weight excluding hydrogens is 451 g/mol. The molecule has 2 unspecified atom stereocenters. The molecule has 0 spiro atoms. The highest BCUT2D eigenvalue weighted by molar-refractivity contribution is 5.98. The Morgan fingerprint density at radius 2 is 1.44 bits per heavy atom. The lowest BCUT2D eigenvalue weighted by molar-refractivity contribution is -0.137. The number of rotatable bonds is 6. The fourth-order valence-electron chi connectivity index (χ4n) is 2.84. The molecule has 2 atom stereocenters. The van der Waals surface area contributed by atoms with Gasteiger partial charge in [0.2, 0.25) is 5.91 Å². The number of halogens is 3. The second kappa shape index (κ2) is 11.5. The van der Waals surface area contributed by atoms with Crippen molar-refractivity contribution in [1.82, 2.24) is 16.1 Å². The maximum absolute atomic E-state index is 13.7. The molecule has 0 aromatic heterocycles. The molecule has 2 aromatic carbocycles. The summed E-state index contributed by atoms with van der Waals surface area (Å²) in [6.45, 7) is 1.84. The van der Waals surface area contributed by atoms with Crippen molar-refractivity contribution in [3.63, 3.8) is 0 Å². The van der Waals surface area contributed by atoms with Crippen LogP contribution in [-0.4, -0.2) is 40.9 Å². The number of carbonyl (C=O) groups excluding carboxylic acids is 3. The van der Waals surface area contributed by atoms with Gasteiger partial charge < -0.3 is 10.6 Å². The zero-order chi connectivity index (χ0) is 25.3. The van der Waals surface area contributed by atoms with E-state index < -0.39 is 35.7 Å². The van der Waals surface area contributed by atoms with E-state index in [-0.39, 0.29) is 11.4 Å². The average molecular weight is 471 g/mol. The summed E-state index contributed by atoms with van der Waals surface area (Å²) in [6, 6.07) is 9.21. The van der Waals surface area contributed by atoms with E-state index in [4.69, 9.17) is 5.21 Å². The molecule has 0 saturated heterocycles. The van der Waals surface area contributed by atoms with E-state index in [1.54, 1.807) is 0 Å². The SMILES string of the molecule is CC(=O)NC(C)(C(F)F)C(NC(=O)c1ccc(C#CC#Cc2ccc(F)cc2)cc1)C(=O)NO. The van der Waals surface area contributed by atoms with Gasteiger partial charge in [-0.15, -0.1) is 0 Å². The lowest BCUT2D eigenvalue weighted by atomic mass is 9.91. The average Bonchev–Trinajstić information content (AvgIpc) is 2.80. The van der Waals surface area contributed by atoms with Crippen LogP contribution in [0.4, 0.5) is 13.2 Å². The first-order chi connectivity index (χ1) is 16.1. The predicted molar refractivity (Wildman–Crippen MR) is 116 cm³/mol. The lowest BCUT2D eigenvalue weighted by Crippen LogP contribution is -2.68. The van der Waals surface area contributed by atoms with Crippen molar-refractivity contribution in [1.29, 1.82) is 0 Å². The van der Waals surface area contributed by atoms with Crippen LogP contribution in [0.15, 0.2) is 48.5 Å². The van der Waals surface area contributed by atoms with Crippen LogP contribution < -0.4 is 16.1 Å². The molecule has 0 saturated carbocycles. The van der Waals surface area contributed by atoms with Crippen molar-refractivity contribution in [3.05, 3.63) is 71.0 Å². The Morgan fingerprint density at radius 1 is 0.941 bits per heavy atom. The first kappa shape index (κ1) is 26.0. The fraction of sp³-hybridized carbons (Fsp3) is 0.208. The normalized spacial score (nSPS) is 12.7. The van der Waals surface area contributed by atoms with Gasteiger partial charge in [-0.05, 0) is 67.3 Å². The minimum absolute atomic E-state index is 0.0122. The van der Waals surface area contributed by atoms with Gasteiger partial charge in [0.1, 0.15) is 17.4 Å². The molecule has 176 valence electrons. The Morgan fingerprint density at radius 3 is 1.88 bits per heavy atom. The minimum Gasteiger partial charge on any atom is -0.343 e. The molecule has 2 aromatic rings. The second-order valence-corrected chi connectivity index (χ2v) is 7.23. The summed E-state index contributed by atoms with van der Waals surface area (Å²) in [7, 11) is 0. The molecule has 4 N–H and O–H groups in total. The first-order valence-corrected chi connectivity index (χ1v) is 9.76. The Hall–Kier alpha value is -4.28. The summed E-state index contributed by atoms with van der Waals surface area (Å²) < 4.78 is 40.3. The summed E-state index contributed by atoms with van der Waals surface area (Å²) in [4.78, 5) is 36.0. The maximum atomic E-state index is 13.7. The Kier molecular flexibility index (Phi) is 8.82. The summed E-state index contributed by atoms with van der Waals surface area (Å²) in [6.07, 6.45) is -3.26. The van der Waals surface area contributed by atoms with Crippen LogP contribution in [0.3, 0.4) is 0 Å². The van der Waals surface area contributed by atoms with Crippen LogP contribution in [0.25, 0.3) is 0 Å². The topological polar surface area (TPSA) is 108 Å². The number of amides is 3. The summed E-state index contributed by atoms with van der Waals surface area (Å²) in [5.41, 5.74) is -0.191. The molecule has 0 aliphatic rings. The van der Waals surface area contributed by atoms with Gasteiger partial charge in [-0.25, -0.2) is 18.7 Å². The van der Waals surface area contributed by atoms with Gasteiger partial charge >= 0.3 is 0 Å². The predicted octanol–water partition coefficient (Wildman–Crippen LogP) is 1.99. The molecule has 0 fully saturated rings. The van der Waals surface area contributed by atoms with Gasteiger partial charge in [0, 0.05) is 23.6 Å². The number of carbonyl (C=O) groups is 3. The number of hydrogen-bond donors (Lipinski definition) is 4. The molecule has 0 aliphatic heterocycles. The molecule has 7 nitrogen and oxygen atoms in total. The van der Waals surface area contributed by atoms with Crippen LogP contribution in [0.1, 0.15) is 35.3 Å². The Balaban J connectivity index is 2.17. The molecule has 34 heavy (non-hydrogen) atoms. The fourth-order valence-corrected chi connectivity index (χ4v) is 2.84. The smallest absolute Gasteiger partial charge is 0.268 e. The van der Waals surface area contributed by atoms with Crippen LogP contribution >= 0.6 is 0 Å². The van der Waals surface area contributed by atoms with Crippen LogP contribution in [0.2, 0.25) is 0 Å². The van der Waals surface area contributed by atoms with Crippen molar-refractivity contribution < 1.29 is 32.8 Å². The van der Waals surface area contributed by atoms with E-state index in [1.165, 1.54) is 54.0 Å². The van der Waals surface area contributed by atoms with Crippen molar-refractivity contribution >= 4 is 17.7 Å². The van der Waals surface area contributed by atoms with Gasteiger partial charge in [-0.1, -0.05) is 11.8 Å². The number of benzene rings is 2. The van der Waals surface area contributed by atoms with Gasteiger partial charge in [0.25, 0.3) is 18.2 Å². The first-order valence-electron chi connectivity index (χ1n) is 9.76. The molecular formula is C24H20F3N3O4. The van der Waals surface area contributed by atoms with Crippen LogP contribution in [-0.2, 0) is 9.59 Å². The van der Waals surface area contributed by atoms with Gasteiger partial charge in [0.05, 0.1) is 0 Å². The Bertz CT molecular complexity index is 1180. The van der Waals surface area contributed by atoms with E-state index in [9.17, 15) is 27.6 Å². The third-order valence-electron chi connectivity index (χ3n) is 4.61. The third kappa shape index (κ3) is 6.86. The van der Waals surface area contributed by atoms with Crippen LogP contribution in [0, 0.1) is 29.5 Å². The molecule has 2 rings (SSSR count). The highest BCUT2D eigenvalue weighted by atomic mass is 19.3. The molecule has 0 aliphatic carbocycles. The standard InChI is InChI=1S/C24H20F3N3O4/c1-15(31)29-24(2,23(26)27)20(22(33)30-34)28-21(32)18-11-7-16(8-12-18)5-3-4-6-17-9-13-19(25)14-10-17/h7-14,20,23,34H,1-2H3,(H,28,32)(H,29,31)(H,30,33). The van der Waals surface area contributed by atoms with E-state index in [1.807, 2.05) is 5.32 Å². The summed E-state index contributed by atoms with van der Waals surface area (Å²) in [5.74, 6) is 7.23. The van der Waals surface area contributed by atoms with Crippen molar-refractivity contribution in [3.8, 4) is 23.7 Å². The van der Waals surface area contributed by atoms with E-state index in [2.05, 4.69) is 29.0 Å². The van der Waals surface area contributed by atoms with Gasteiger partial charge in [-0.3, -0.25) is 19.6 Å². The zero-order valence-electron chi connectivity index (χ0n) is 18.1. The minimum atomic E-state index is -3.26. The van der Waals surface area contributed by atoms with E-state index in [0.29, 0.717) is 11.1 Å².